The van der Waals surface area contributed by atoms with Gasteiger partial charge in [-0.1, -0.05) is 17.7 Å². The molecule has 0 spiro atoms. The van der Waals surface area contributed by atoms with Crippen molar-refractivity contribution in [3.8, 4) is 11.5 Å². The molecule has 0 bridgehead atoms. The number of nitrogens with one attached hydrogen (secondary N) is 1. The molecule has 3 rings (SSSR count). The lowest BCUT2D eigenvalue weighted by Crippen LogP contribution is -2.52. The molecule has 1 fully saturated rings. The molecule has 2 aromatic carbocycles. The lowest BCUT2D eigenvalue weighted by atomic mass is 10.2. The molecule has 2 aromatic rings. The summed E-state index contributed by atoms with van der Waals surface area (Å²) in [7, 11) is 3.24. The number of hydrogen-bond donors (Lipinski definition) is 1. The van der Waals surface area contributed by atoms with E-state index in [1.54, 1.807) is 32.4 Å². The zero-order chi connectivity index (χ0) is 20.1. The first-order chi connectivity index (χ1) is 13.5. The third-order valence-corrected chi connectivity index (χ3v) is 5.31. The molecule has 150 valence electrons. The van der Waals surface area contributed by atoms with Crippen molar-refractivity contribution in [2.45, 2.75) is 13.0 Å². The van der Waals surface area contributed by atoms with Gasteiger partial charge in [0.2, 0.25) is 5.91 Å². The van der Waals surface area contributed by atoms with Crippen LogP contribution in [0.15, 0.2) is 42.5 Å². The third-order valence-electron chi connectivity index (χ3n) is 5.08. The molecule has 6 nitrogen and oxygen atoms in total. The molecule has 1 aliphatic rings. The summed E-state index contributed by atoms with van der Waals surface area (Å²) in [6.45, 7) is 5.24. The van der Waals surface area contributed by atoms with Gasteiger partial charge in [-0.2, -0.15) is 0 Å². The Hall–Kier alpha value is -2.44. The molecule has 0 saturated carbocycles. The predicted octanol–water partition coefficient (Wildman–Crippen LogP) is 3.51. The van der Waals surface area contributed by atoms with Crippen LogP contribution in [0.2, 0.25) is 5.02 Å². The highest BCUT2D eigenvalue weighted by molar-refractivity contribution is 6.31. The van der Waals surface area contributed by atoms with Crippen molar-refractivity contribution in [1.29, 1.82) is 0 Å². The number of nitrogens with zero attached hydrogens (tertiary/aromatic N) is 2. The fraction of sp³-hybridized carbons (Fsp3) is 0.381. The van der Waals surface area contributed by atoms with Crippen LogP contribution in [-0.2, 0) is 4.79 Å². The fourth-order valence-electron chi connectivity index (χ4n) is 3.36. The minimum absolute atomic E-state index is 0.0737. The van der Waals surface area contributed by atoms with Crippen LogP contribution in [0.4, 0.5) is 11.4 Å². The van der Waals surface area contributed by atoms with Gasteiger partial charge in [0.1, 0.15) is 11.5 Å². The van der Waals surface area contributed by atoms with E-state index in [4.69, 9.17) is 21.1 Å². The smallest absolute Gasteiger partial charge is 0.241 e. The Labute approximate surface area is 171 Å². The lowest BCUT2D eigenvalue weighted by molar-refractivity contribution is -0.120. The molecule has 1 heterocycles. The maximum Gasteiger partial charge on any atom is 0.241 e. The summed E-state index contributed by atoms with van der Waals surface area (Å²) >= 11 is 6.05. The number of amides is 1. The van der Waals surface area contributed by atoms with E-state index in [-0.39, 0.29) is 11.9 Å². The van der Waals surface area contributed by atoms with E-state index in [9.17, 15) is 4.79 Å². The van der Waals surface area contributed by atoms with Gasteiger partial charge in [-0.25, -0.2) is 0 Å². The summed E-state index contributed by atoms with van der Waals surface area (Å²) in [5, 5.41) is 3.49. The summed E-state index contributed by atoms with van der Waals surface area (Å²) in [6.07, 6.45) is 0. The van der Waals surface area contributed by atoms with Crippen molar-refractivity contribution in [2.24, 2.45) is 0 Å². The molecular weight excluding hydrogens is 378 g/mol. The van der Waals surface area contributed by atoms with Crippen molar-refractivity contribution >= 4 is 28.9 Å². The highest BCUT2D eigenvalue weighted by Gasteiger charge is 2.26. The van der Waals surface area contributed by atoms with E-state index < -0.39 is 0 Å². The molecule has 1 atom stereocenters. The quantitative estimate of drug-likeness (QED) is 0.799. The van der Waals surface area contributed by atoms with E-state index in [0.29, 0.717) is 16.5 Å². The molecule has 1 amide bonds. The van der Waals surface area contributed by atoms with Crippen molar-refractivity contribution in [1.82, 2.24) is 4.90 Å². The SMILES string of the molecule is COc1cccc(N2CCN([C@H](C)C(=O)Nc3cc(Cl)ccc3OC)CC2)c1. The van der Waals surface area contributed by atoms with Gasteiger partial charge in [0.15, 0.2) is 0 Å². The topological polar surface area (TPSA) is 54.0 Å². The van der Waals surface area contributed by atoms with E-state index in [2.05, 4.69) is 21.2 Å². The molecule has 28 heavy (non-hydrogen) atoms. The minimum atomic E-state index is -0.254. The number of hydrogen-bond acceptors (Lipinski definition) is 5. The number of anilines is 2. The van der Waals surface area contributed by atoms with Crippen LogP contribution in [0.25, 0.3) is 0 Å². The van der Waals surface area contributed by atoms with E-state index in [1.165, 1.54) is 0 Å². The average molecular weight is 404 g/mol. The predicted molar refractivity (Wildman–Crippen MR) is 113 cm³/mol. The maximum absolute atomic E-state index is 12.7. The second-order valence-corrected chi connectivity index (χ2v) is 7.17. The zero-order valence-corrected chi connectivity index (χ0v) is 17.2. The second-order valence-electron chi connectivity index (χ2n) is 6.73. The Bertz CT molecular complexity index is 822. The molecule has 0 unspecified atom stereocenters. The van der Waals surface area contributed by atoms with Crippen molar-refractivity contribution in [3.63, 3.8) is 0 Å². The first kappa shape index (κ1) is 20.3. The second kappa shape index (κ2) is 9.17. The van der Waals surface area contributed by atoms with Crippen LogP contribution < -0.4 is 19.7 Å². The van der Waals surface area contributed by atoms with Gasteiger partial charge in [-0.15, -0.1) is 0 Å². The number of piperazine rings is 1. The number of benzene rings is 2. The van der Waals surface area contributed by atoms with E-state index >= 15 is 0 Å². The van der Waals surface area contributed by atoms with Crippen LogP contribution in [0, 0.1) is 0 Å². The third kappa shape index (κ3) is 4.69. The van der Waals surface area contributed by atoms with Crippen LogP contribution in [0.5, 0.6) is 11.5 Å². The maximum atomic E-state index is 12.7. The van der Waals surface area contributed by atoms with Crippen LogP contribution >= 0.6 is 11.6 Å². The Morgan fingerprint density at radius 2 is 1.82 bits per heavy atom. The summed E-state index contributed by atoms with van der Waals surface area (Å²) < 4.78 is 10.6. The van der Waals surface area contributed by atoms with Crippen LogP contribution in [-0.4, -0.2) is 57.2 Å². The molecule has 0 aromatic heterocycles. The standard InChI is InChI=1S/C21H26ClN3O3/c1-15(21(26)23-19-13-16(22)7-8-20(19)28-3)24-9-11-25(12-10-24)17-5-4-6-18(14-17)27-2/h4-8,13-15H,9-12H2,1-3H3,(H,23,26)/t15-/m1/s1. The molecule has 1 aliphatic heterocycles. The van der Waals surface area contributed by atoms with Crippen molar-refractivity contribution in [2.75, 3.05) is 50.6 Å². The Morgan fingerprint density at radius 3 is 2.50 bits per heavy atom. The van der Waals surface area contributed by atoms with Gasteiger partial charge in [0, 0.05) is 43.0 Å². The van der Waals surface area contributed by atoms with Gasteiger partial charge in [-0.05, 0) is 37.3 Å². The zero-order valence-electron chi connectivity index (χ0n) is 16.4. The normalized spacial score (nSPS) is 15.8. The van der Waals surface area contributed by atoms with Gasteiger partial charge in [0.25, 0.3) is 0 Å². The largest absolute Gasteiger partial charge is 0.497 e. The summed E-state index contributed by atoms with van der Waals surface area (Å²) in [5.41, 5.74) is 1.72. The monoisotopic (exact) mass is 403 g/mol. The Balaban J connectivity index is 1.59. The number of methoxy groups -OCH3 is 2. The molecule has 0 radical (unpaired) electrons. The first-order valence-corrected chi connectivity index (χ1v) is 9.67. The first-order valence-electron chi connectivity index (χ1n) is 9.29. The van der Waals surface area contributed by atoms with Crippen molar-refractivity contribution < 1.29 is 14.3 Å². The number of carbonyl (C=O) groups excluding carboxylic acids is 1. The lowest BCUT2D eigenvalue weighted by Gasteiger charge is -2.38. The number of rotatable bonds is 6. The number of carbonyl (C=O) groups is 1. The van der Waals surface area contributed by atoms with Gasteiger partial charge >= 0.3 is 0 Å². The molecule has 7 heteroatoms. The van der Waals surface area contributed by atoms with E-state index in [1.807, 2.05) is 25.1 Å². The number of halogens is 1. The Morgan fingerprint density at radius 1 is 1.07 bits per heavy atom. The van der Waals surface area contributed by atoms with Crippen LogP contribution in [0.1, 0.15) is 6.92 Å². The van der Waals surface area contributed by atoms with E-state index in [0.717, 1.165) is 37.6 Å². The van der Waals surface area contributed by atoms with Gasteiger partial charge < -0.3 is 19.7 Å². The van der Waals surface area contributed by atoms with Gasteiger partial charge in [-0.3, -0.25) is 9.69 Å². The highest BCUT2D eigenvalue weighted by Crippen LogP contribution is 2.28. The molecular formula is C21H26ClN3O3. The summed E-state index contributed by atoms with van der Waals surface area (Å²) in [6, 6.07) is 13.0. The number of ether oxygens (including phenoxy) is 2. The molecule has 1 saturated heterocycles. The minimum Gasteiger partial charge on any atom is -0.497 e. The van der Waals surface area contributed by atoms with Crippen molar-refractivity contribution in [3.05, 3.63) is 47.5 Å². The fourth-order valence-corrected chi connectivity index (χ4v) is 3.53. The average Bonchev–Trinajstić information content (AvgIpc) is 2.73. The summed E-state index contributed by atoms with van der Waals surface area (Å²) in [4.78, 5) is 17.2. The molecule has 0 aliphatic carbocycles. The highest BCUT2D eigenvalue weighted by atomic mass is 35.5. The molecule has 1 N–H and O–H groups in total. The summed E-state index contributed by atoms with van der Waals surface area (Å²) in [5.74, 6) is 1.37. The Kier molecular flexibility index (Phi) is 6.65. The van der Waals surface area contributed by atoms with Gasteiger partial charge in [0.05, 0.1) is 25.9 Å². The van der Waals surface area contributed by atoms with Crippen LogP contribution in [0.3, 0.4) is 0 Å².